The van der Waals surface area contributed by atoms with Crippen LogP contribution in [-0.2, 0) is 4.79 Å². The van der Waals surface area contributed by atoms with E-state index < -0.39 is 6.04 Å². The molecule has 5 heterocycles. The highest BCUT2D eigenvalue weighted by molar-refractivity contribution is 6.04. The maximum absolute atomic E-state index is 12.1. The third-order valence-corrected chi connectivity index (χ3v) is 5.72. The minimum atomic E-state index is -0.481. The smallest absolute Gasteiger partial charge is 0.324 e. The molecule has 0 spiro atoms. The van der Waals surface area contributed by atoms with Crippen LogP contribution >= 0.6 is 0 Å². The summed E-state index contributed by atoms with van der Waals surface area (Å²) < 4.78 is 7.69. The normalized spacial score (nSPS) is 21.1. The summed E-state index contributed by atoms with van der Waals surface area (Å²) in [5.41, 5.74) is 2.39. The van der Waals surface area contributed by atoms with Gasteiger partial charge in [-0.05, 0) is 31.0 Å². The number of carbonyl (C=O) groups excluding carboxylic acids is 2. The van der Waals surface area contributed by atoms with Gasteiger partial charge in [0.2, 0.25) is 5.88 Å². The molecule has 3 amide bonds. The van der Waals surface area contributed by atoms with Crippen molar-refractivity contribution in [1.82, 2.24) is 29.8 Å². The number of fused-ring (bicyclic) bond motifs is 2. The Bertz CT molecular complexity index is 1170. The van der Waals surface area contributed by atoms with Gasteiger partial charge in [0.25, 0.3) is 5.91 Å². The van der Waals surface area contributed by atoms with E-state index in [1.165, 1.54) is 0 Å². The first-order valence-corrected chi connectivity index (χ1v) is 10.0. The van der Waals surface area contributed by atoms with Crippen LogP contribution in [0.5, 0.6) is 5.88 Å². The fourth-order valence-electron chi connectivity index (χ4n) is 3.98. The lowest BCUT2D eigenvalue weighted by molar-refractivity contribution is -0.121. The Kier molecular flexibility index (Phi) is 3.67. The van der Waals surface area contributed by atoms with Crippen molar-refractivity contribution in [2.24, 2.45) is 0 Å². The molecule has 30 heavy (non-hydrogen) atoms. The fourth-order valence-corrected chi connectivity index (χ4v) is 3.98. The third kappa shape index (κ3) is 2.75. The summed E-state index contributed by atoms with van der Waals surface area (Å²) in [6.07, 6.45) is 7.68. The van der Waals surface area contributed by atoms with E-state index in [0.29, 0.717) is 31.2 Å². The summed E-state index contributed by atoms with van der Waals surface area (Å²) in [5.74, 6) is 1.08. The second-order valence-corrected chi connectivity index (χ2v) is 7.74. The number of urea groups is 1. The number of anilines is 1. The molecule has 1 aliphatic carbocycles. The molecule has 6 rings (SSSR count). The highest BCUT2D eigenvalue weighted by atomic mass is 16.5. The fraction of sp³-hybridized carbons (Fsp3) is 0.350. The molecule has 1 saturated carbocycles. The minimum absolute atomic E-state index is 0.237. The van der Waals surface area contributed by atoms with Crippen molar-refractivity contribution < 1.29 is 14.3 Å². The SMILES string of the molecule is O=C1NC(=O)N2CCN(c3ccn4ncc(-c5cccnc5OC5CC5)c4n3)CC12. The van der Waals surface area contributed by atoms with Gasteiger partial charge in [-0.1, -0.05) is 0 Å². The predicted octanol–water partition coefficient (Wildman–Crippen LogP) is 1.07. The molecule has 3 fully saturated rings. The number of aromatic nitrogens is 4. The molecule has 3 aromatic rings. The lowest BCUT2D eigenvalue weighted by atomic mass is 10.1. The van der Waals surface area contributed by atoms with Crippen LogP contribution in [0, 0.1) is 0 Å². The van der Waals surface area contributed by atoms with Gasteiger partial charge < -0.3 is 14.5 Å². The summed E-state index contributed by atoms with van der Waals surface area (Å²) in [6.45, 7) is 1.49. The lowest BCUT2D eigenvalue weighted by Crippen LogP contribution is -2.53. The van der Waals surface area contributed by atoms with Crippen molar-refractivity contribution in [2.45, 2.75) is 25.0 Å². The summed E-state index contributed by atoms with van der Waals surface area (Å²) in [7, 11) is 0. The molecule has 1 unspecified atom stereocenters. The number of imide groups is 1. The van der Waals surface area contributed by atoms with E-state index in [1.54, 1.807) is 21.8 Å². The Labute approximate surface area is 171 Å². The van der Waals surface area contributed by atoms with E-state index in [1.807, 2.05) is 29.3 Å². The van der Waals surface area contributed by atoms with E-state index in [9.17, 15) is 9.59 Å². The number of carbonyl (C=O) groups is 2. The molecule has 10 heteroatoms. The number of hydrogen-bond acceptors (Lipinski definition) is 7. The van der Waals surface area contributed by atoms with E-state index in [0.717, 1.165) is 29.8 Å². The summed E-state index contributed by atoms with van der Waals surface area (Å²) in [6, 6.07) is 4.91. The largest absolute Gasteiger partial charge is 0.474 e. The van der Waals surface area contributed by atoms with E-state index in [-0.39, 0.29) is 18.0 Å². The zero-order valence-corrected chi connectivity index (χ0v) is 16.1. The molecule has 0 radical (unpaired) electrons. The number of nitrogens with one attached hydrogen (secondary N) is 1. The molecule has 0 aromatic carbocycles. The van der Waals surface area contributed by atoms with Crippen molar-refractivity contribution in [3.05, 3.63) is 36.8 Å². The number of pyridine rings is 1. The number of piperazine rings is 1. The molecule has 2 saturated heterocycles. The van der Waals surface area contributed by atoms with Gasteiger partial charge in [0.15, 0.2) is 5.65 Å². The standard InChI is InChI=1S/C20H19N7O3/c28-18-15-11-25(8-9-26(15)20(29)24-18)16-5-7-27-17(23-16)14(10-22-27)13-2-1-6-21-19(13)30-12-3-4-12/h1-2,5-7,10,12,15H,3-4,8-9,11H2,(H,24,28,29). The Balaban J connectivity index is 1.35. The van der Waals surface area contributed by atoms with Crippen LogP contribution in [0.25, 0.3) is 16.8 Å². The first-order chi connectivity index (χ1) is 14.7. The third-order valence-electron chi connectivity index (χ3n) is 5.72. The average Bonchev–Trinajstić information content (AvgIpc) is 3.41. The topological polar surface area (TPSA) is 105 Å². The van der Waals surface area contributed by atoms with Gasteiger partial charge in [0.1, 0.15) is 18.0 Å². The highest BCUT2D eigenvalue weighted by Gasteiger charge is 2.42. The minimum Gasteiger partial charge on any atom is -0.474 e. The summed E-state index contributed by atoms with van der Waals surface area (Å²) >= 11 is 0. The zero-order chi connectivity index (χ0) is 20.2. The number of amides is 3. The van der Waals surface area contributed by atoms with Crippen LogP contribution < -0.4 is 15.0 Å². The first-order valence-electron chi connectivity index (χ1n) is 10.0. The van der Waals surface area contributed by atoms with Gasteiger partial charge in [-0.3, -0.25) is 10.1 Å². The molecule has 1 N–H and O–H groups in total. The molecule has 3 aromatic heterocycles. The molecule has 0 bridgehead atoms. The highest BCUT2D eigenvalue weighted by Crippen LogP contribution is 2.35. The monoisotopic (exact) mass is 405 g/mol. The number of ether oxygens (including phenoxy) is 1. The van der Waals surface area contributed by atoms with Crippen LogP contribution in [0.1, 0.15) is 12.8 Å². The van der Waals surface area contributed by atoms with E-state index in [2.05, 4.69) is 15.4 Å². The van der Waals surface area contributed by atoms with Gasteiger partial charge >= 0.3 is 6.03 Å². The van der Waals surface area contributed by atoms with Crippen LogP contribution in [-0.4, -0.2) is 68.2 Å². The van der Waals surface area contributed by atoms with Crippen LogP contribution in [0.15, 0.2) is 36.8 Å². The van der Waals surface area contributed by atoms with Gasteiger partial charge in [0.05, 0.1) is 11.8 Å². The molecule has 2 aliphatic heterocycles. The predicted molar refractivity (Wildman–Crippen MR) is 106 cm³/mol. The van der Waals surface area contributed by atoms with E-state index >= 15 is 0 Å². The Morgan fingerprint density at radius 3 is 2.90 bits per heavy atom. The van der Waals surface area contributed by atoms with Gasteiger partial charge in [-0.15, -0.1) is 0 Å². The van der Waals surface area contributed by atoms with Crippen molar-refractivity contribution in [1.29, 1.82) is 0 Å². The molecular weight excluding hydrogens is 386 g/mol. The van der Waals surface area contributed by atoms with Gasteiger partial charge in [0, 0.05) is 37.6 Å². The summed E-state index contributed by atoms with van der Waals surface area (Å²) in [5, 5.41) is 6.81. The number of nitrogens with zero attached hydrogens (tertiary/aromatic N) is 6. The van der Waals surface area contributed by atoms with Crippen molar-refractivity contribution >= 4 is 23.4 Å². The second kappa shape index (κ2) is 6.41. The zero-order valence-electron chi connectivity index (χ0n) is 16.1. The Hall–Kier alpha value is -3.69. The molecular formula is C20H19N7O3. The molecule has 10 nitrogen and oxygen atoms in total. The average molecular weight is 405 g/mol. The first kappa shape index (κ1) is 17.2. The van der Waals surface area contributed by atoms with Crippen molar-refractivity contribution in [3.63, 3.8) is 0 Å². The Morgan fingerprint density at radius 2 is 2.03 bits per heavy atom. The molecule has 1 atom stereocenters. The van der Waals surface area contributed by atoms with Crippen LogP contribution in [0.2, 0.25) is 0 Å². The Morgan fingerprint density at radius 1 is 1.13 bits per heavy atom. The molecule has 152 valence electrons. The molecule has 3 aliphatic rings. The quantitative estimate of drug-likeness (QED) is 0.648. The lowest BCUT2D eigenvalue weighted by Gasteiger charge is -2.36. The number of hydrogen-bond donors (Lipinski definition) is 1. The van der Waals surface area contributed by atoms with E-state index in [4.69, 9.17) is 9.72 Å². The van der Waals surface area contributed by atoms with Crippen molar-refractivity contribution in [2.75, 3.05) is 24.5 Å². The maximum Gasteiger partial charge on any atom is 0.324 e. The van der Waals surface area contributed by atoms with Gasteiger partial charge in [-0.2, -0.15) is 5.10 Å². The van der Waals surface area contributed by atoms with Crippen molar-refractivity contribution in [3.8, 4) is 17.0 Å². The maximum atomic E-state index is 12.1. The van der Waals surface area contributed by atoms with Gasteiger partial charge in [-0.25, -0.2) is 19.3 Å². The number of rotatable bonds is 4. The van der Waals surface area contributed by atoms with Crippen LogP contribution in [0.4, 0.5) is 10.6 Å². The second-order valence-electron chi connectivity index (χ2n) is 7.74. The van der Waals surface area contributed by atoms with Crippen LogP contribution in [0.3, 0.4) is 0 Å². The summed E-state index contributed by atoms with van der Waals surface area (Å²) in [4.78, 5) is 36.8.